The van der Waals surface area contributed by atoms with Gasteiger partial charge in [-0.25, -0.2) is 13.4 Å². The van der Waals surface area contributed by atoms with Gasteiger partial charge in [0.15, 0.2) is 15.4 Å². The summed E-state index contributed by atoms with van der Waals surface area (Å²) in [7, 11) is -3.20. The topological polar surface area (TPSA) is 72.2 Å². The molecule has 0 aliphatic heterocycles. The van der Waals surface area contributed by atoms with Crippen molar-refractivity contribution in [3.8, 4) is 0 Å². The average Bonchev–Trinajstić information content (AvgIpc) is 2.66. The lowest BCUT2D eigenvalue weighted by Gasteiger charge is -1.95. The number of hydrogen-bond acceptors (Lipinski definition) is 5. The second kappa shape index (κ2) is 4.46. The third-order valence-corrected chi connectivity index (χ3v) is 3.47. The van der Waals surface area contributed by atoms with Crippen LogP contribution < -0.4 is 5.32 Å². The summed E-state index contributed by atoms with van der Waals surface area (Å²) in [6.45, 7) is 3.36. The van der Waals surface area contributed by atoms with Gasteiger partial charge in [-0.05, 0) is 24.7 Å². The summed E-state index contributed by atoms with van der Waals surface area (Å²) >= 11 is 0. The van der Waals surface area contributed by atoms with E-state index in [0.717, 1.165) is 6.54 Å². The molecule has 0 saturated carbocycles. The normalized spacial score (nSPS) is 12.1. The van der Waals surface area contributed by atoms with E-state index in [9.17, 15) is 8.42 Å². The number of hydrogen-bond donors (Lipinski definition) is 1. The molecule has 1 aromatic heterocycles. The SMILES string of the molecule is CCNCc1nc2cc(S(C)(=O)=O)ccc2o1. The van der Waals surface area contributed by atoms with Crippen LogP contribution in [-0.4, -0.2) is 26.2 Å². The van der Waals surface area contributed by atoms with Crippen molar-refractivity contribution >= 4 is 20.9 Å². The Morgan fingerprint density at radius 1 is 1.41 bits per heavy atom. The fraction of sp³-hybridized carbons (Fsp3) is 0.364. The number of sulfone groups is 1. The number of nitrogens with zero attached hydrogens (tertiary/aromatic N) is 1. The highest BCUT2D eigenvalue weighted by molar-refractivity contribution is 7.90. The Hall–Kier alpha value is -1.40. The Balaban J connectivity index is 2.41. The molecular weight excluding hydrogens is 240 g/mol. The smallest absolute Gasteiger partial charge is 0.209 e. The molecule has 92 valence electrons. The maximum Gasteiger partial charge on any atom is 0.209 e. The van der Waals surface area contributed by atoms with Crippen molar-refractivity contribution in [2.45, 2.75) is 18.4 Å². The molecule has 1 aromatic carbocycles. The average molecular weight is 254 g/mol. The van der Waals surface area contributed by atoms with Gasteiger partial charge in [0.25, 0.3) is 0 Å². The molecule has 0 unspecified atom stereocenters. The molecule has 2 aromatic rings. The number of oxazole rings is 1. The Bertz CT molecular complexity index is 631. The molecule has 1 N–H and O–H groups in total. The Kier molecular flexibility index (Phi) is 3.17. The highest BCUT2D eigenvalue weighted by Crippen LogP contribution is 2.19. The largest absolute Gasteiger partial charge is 0.439 e. The number of rotatable bonds is 4. The van der Waals surface area contributed by atoms with Crippen LogP contribution >= 0.6 is 0 Å². The highest BCUT2D eigenvalue weighted by atomic mass is 32.2. The first-order valence-corrected chi connectivity index (χ1v) is 7.20. The van der Waals surface area contributed by atoms with E-state index in [2.05, 4.69) is 10.3 Å². The molecule has 1 heterocycles. The first-order chi connectivity index (χ1) is 8.00. The first kappa shape index (κ1) is 12.1. The highest BCUT2D eigenvalue weighted by Gasteiger charge is 2.11. The van der Waals surface area contributed by atoms with Gasteiger partial charge >= 0.3 is 0 Å². The number of fused-ring (bicyclic) bond motifs is 1. The lowest BCUT2D eigenvalue weighted by atomic mass is 10.3. The second-order valence-electron chi connectivity index (χ2n) is 3.79. The second-order valence-corrected chi connectivity index (χ2v) is 5.81. The summed E-state index contributed by atoms with van der Waals surface area (Å²) < 4.78 is 28.2. The summed E-state index contributed by atoms with van der Waals surface area (Å²) in [6, 6.07) is 4.69. The lowest BCUT2D eigenvalue weighted by Crippen LogP contribution is -2.11. The summed E-state index contributed by atoms with van der Waals surface area (Å²) in [4.78, 5) is 4.49. The number of nitrogens with one attached hydrogen (secondary N) is 1. The van der Waals surface area contributed by atoms with E-state index in [-0.39, 0.29) is 4.90 Å². The zero-order valence-electron chi connectivity index (χ0n) is 9.73. The van der Waals surface area contributed by atoms with Gasteiger partial charge in [-0.2, -0.15) is 0 Å². The van der Waals surface area contributed by atoms with E-state index in [1.54, 1.807) is 6.07 Å². The Labute approximate surface area is 99.8 Å². The van der Waals surface area contributed by atoms with Crippen molar-refractivity contribution in [1.29, 1.82) is 0 Å². The fourth-order valence-electron chi connectivity index (χ4n) is 1.49. The summed E-state index contributed by atoms with van der Waals surface area (Å²) in [5, 5.41) is 3.10. The van der Waals surface area contributed by atoms with Gasteiger partial charge in [0.2, 0.25) is 5.89 Å². The molecule has 0 aliphatic carbocycles. The zero-order chi connectivity index (χ0) is 12.5. The first-order valence-electron chi connectivity index (χ1n) is 5.31. The van der Waals surface area contributed by atoms with E-state index in [1.807, 2.05) is 6.92 Å². The molecule has 0 radical (unpaired) electrons. The molecule has 0 aliphatic rings. The summed E-state index contributed by atoms with van der Waals surface area (Å²) in [5.74, 6) is 0.563. The van der Waals surface area contributed by atoms with Gasteiger partial charge < -0.3 is 9.73 Å². The van der Waals surface area contributed by atoms with Crippen molar-refractivity contribution in [2.24, 2.45) is 0 Å². The number of aromatic nitrogens is 1. The summed E-state index contributed by atoms with van der Waals surface area (Å²) in [5.41, 5.74) is 1.17. The van der Waals surface area contributed by atoms with Gasteiger partial charge in [0.1, 0.15) is 5.52 Å². The lowest BCUT2D eigenvalue weighted by molar-refractivity contribution is 0.501. The van der Waals surface area contributed by atoms with Gasteiger partial charge in [-0.3, -0.25) is 0 Å². The van der Waals surface area contributed by atoms with Gasteiger partial charge in [0.05, 0.1) is 11.4 Å². The van der Waals surface area contributed by atoms with Crippen LogP contribution in [0.2, 0.25) is 0 Å². The quantitative estimate of drug-likeness (QED) is 0.891. The zero-order valence-corrected chi connectivity index (χ0v) is 10.5. The molecule has 6 heteroatoms. The van der Waals surface area contributed by atoms with Crippen molar-refractivity contribution in [2.75, 3.05) is 12.8 Å². The predicted octanol–water partition coefficient (Wildman–Crippen LogP) is 1.34. The fourth-order valence-corrected chi connectivity index (χ4v) is 2.13. The molecule has 0 saturated heterocycles. The molecule has 0 spiro atoms. The van der Waals surface area contributed by atoms with E-state index in [1.165, 1.54) is 18.4 Å². The van der Waals surface area contributed by atoms with Crippen LogP contribution in [0.3, 0.4) is 0 Å². The van der Waals surface area contributed by atoms with Gasteiger partial charge in [-0.15, -0.1) is 0 Å². The molecule has 0 amide bonds. The van der Waals surface area contributed by atoms with E-state index in [0.29, 0.717) is 23.5 Å². The van der Waals surface area contributed by atoms with Crippen molar-refractivity contribution in [3.05, 3.63) is 24.1 Å². The molecule has 2 rings (SSSR count). The molecule has 5 nitrogen and oxygen atoms in total. The minimum absolute atomic E-state index is 0.258. The summed E-state index contributed by atoms with van der Waals surface area (Å²) in [6.07, 6.45) is 1.17. The maximum absolute atomic E-state index is 11.4. The van der Waals surface area contributed by atoms with E-state index >= 15 is 0 Å². The Morgan fingerprint density at radius 3 is 2.82 bits per heavy atom. The molecular formula is C11H14N2O3S. The molecule has 0 atom stereocenters. The van der Waals surface area contributed by atoms with Crippen LogP contribution in [0, 0.1) is 0 Å². The van der Waals surface area contributed by atoms with E-state index in [4.69, 9.17) is 4.42 Å². The van der Waals surface area contributed by atoms with Crippen LogP contribution in [0.4, 0.5) is 0 Å². The third kappa shape index (κ3) is 2.65. The molecule has 0 bridgehead atoms. The maximum atomic E-state index is 11.4. The molecule has 17 heavy (non-hydrogen) atoms. The van der Waals surface area contributed by atoms with Crippen LogP contribution in [0.5, 0.6) is 0 Å². The van der Waals surface area contributed by atoms with E-state index < -0.39 is 9.84 Å². The minimum atomic E-state index is -3.20. The standard InChI is InChI=1S/C11H14N2O3S/c1-3-12-7-11-13-9-6-8(17(2,14)15)4-5-10(9)16-11/h4-6,12H,3,7H2,1-2H3. The van der Waals surface area contributed by atoms with Gasteiger partial charge in [-0.1, -0.05) is 6.92 Å². The van der Waals surface area contributed by atoms with Crippen LogP contribution in [0.1, 0.15) is 12.8 Å². The van der Waals surface area contributed by atoms with Crippen LogP contribution in [0.15, 0.2) is 27.5 Å². The van der Waals surface area contributed by atoms with Gasteiger partial charge in [0, 0.05) is 6.26 Å². The third-order valence-electron chi connectivity index (χ3n) is 2.36. The Morgan fingerprint density at radius 2 is 2.18 bits per heavy atom. The molecule has 0 fully saturated rings. The minimum Gasteiger partial charge on any atom is -0.439 e. The van der Waals surface area contributed by atoms with Crippen molar-refractivity contribution in [1.82, 2.24) is 10.3 Å². The van der Waals surface area contributed by atoms with Crippen molar-refractivity contribution in [3.63, 3.8) is 0 Å². The van der Waals surface area contributed by atoms with Crippen molar-refractivity contribution < 1.29 is 12.8 Å². The van der Waals surface area contributed by atoms with Crippen LogP contribution in [-0.2, 0) is 16.4 Å². The monoisotopic (exact) mass is 254 g/mol. The van der Waals surface area contributed by atoms with Crippen LogP contribution in [0.25, 0.3) is 11.1 Å². The predicted molar refractivity (Wildman–Crippen MR) is 64.5 cm³/mol. The number of benzene rings is 1.